The number of anilines is 1. The van der Waals surface area contributed by atoms with Gasteiger partial charge in [-0.1, -0.05) is 23.5 Å². The van der Waals surface area contributed by atoms with Crippen LogP contribution in [0.15, 0.2) is 16.5 Å². The first-order valence-corrected chi connectivity index (χ1v) is 7.78. The monoisotopic (exact) mass is 337 g/mol. The van der Waals surface area contributed by atoms with Gasteiger partial charge in [0.2, 0.25) is 11.0 Å². The van der Waals surface area contributed by atoms with E-state index in [1.165, 1.54) is 19.1 Å². The third kappa shape index (κ3) is 5.83. The molecule has 0 aliphatic carbocycles. The lowest BCUT2D eigenvalue weighted by Crippen LogP contribution is -2.39. The molecule has 0 saturated heterocycles. The minimum Gasteiger partial charge on any atom is -0.334 e. The quantitative estimate of drug-likeness (QED) is 0.495. The van der Waals surface area contributed by atoms with Gasteiger partial charge in [0.25, 0.3) is 14.4 Å². The second-order valence-electron chi connectivity index (χ2n) is 3.50. The van der Waals surface area contributed by atoms with Gasteiger partial charge in [-0.25, -0.2) is 13.9 Å². The number of hydrogen-bond acceptors (Lipinski definition) is 7. The second-order valence-corrected chi connectivity index (χ2v) is 6.33. The van der Waals surface area contributed by atoms with Crippen molar-refractivity contribution >= 4 is 38.4 Å². The summed E-state index contributed by atoms with van der Waals surface area (Å²) in [7, 11) is -4.18. The molecule has 0 aliphatic rings. The van der Waals surface area contributed by atoms with E-state index in [1.54, 1.807) is 4.72 Å². The molecule has 12 heteroatoms. The number of amides is 3. The van der Waals surface area contributed by atoms with Crippen LogP contribution in [0.4, 0.5) is 14.3 Å². The van der Waals surface area contributed by atoms with Crippen LogP contribution in [0.5, 0.6) is 0 Å². The summed E-state index contributed by atoms with van der Waals surface area (Å²) < 4.78 is 36.5. The van der Waals surface area contributed by atoms with Crippen molar-refractivity contribution in [3.05, 3.63) is 12.2 Å². The summed E-state index contributed by atoms with van der Waals surface area (Å²) in [5.74, 6) is -0.430. The van der Waals surface area contributed by atoms with Gasteiger partial charge in [-0.2, -0.15) is 8.42 Å². The van der Waals surface area contributed by atoms with Crippen LogP contribution >= 0.6 is 11.3 Å². The van der Waals surface area contributed by atoms with Gasteiger partial charge in [0.1, 0.15) is 6.67 Å². The highest BCUT2D eigenvalue weighted by atomic mass is 32.2. The molecule has 1 heterocycles. The Morgan fingerprint density at radius 2 is 2.05 bits per heavy atom. The molecule has 0 unspecified atom stereocenters. The Morgan fingerprint density at radius 1 is 1.33 bits per heavy atom. The highest BCUT2D eigenvalue weighted by molar-refractivity contribution is 7.92. The largest absolute Gasteiger partial charge is 0.334 e. The number of nitrogens with zero attached hydrogens (tertiary/aromatic N) is 2. The van der Waals surface area contributed by atoms with Crippen LogP contribution in [0.25, 0.3) is 0 Å². The Hall–Kier alpha value is -2.08. The third-order valence-corrected chi connectivity index (χ3v) is 4.32. The maximum absolute atomic E-state index is 11.8. The maximum Gasteiger partial charge on any atom is 0.329 e. The van der Waals surface area contributed by atoms with Crippen LogP contribution in [0, 0.1) is 0 Å². The Labute approximate surface area is 123 Å². The number of carbonyl (C=O) groups excluding carboxylic acids is 2. The molecule has 0 fully saturated rings. The molecule has 0 saturated carbocycles. The van der Waals surface area contributed by atoms with E-state index in [4.69, 9.17) is 0 Å². The molecule has 21 heavy (non-hydrogen) atoms. The van der Waals surface area contributed by atoms with E-state index in [0.29, 0.717) is 11.3 Å². The predicted octanol–water partition coefficient (Wildman–Crippen LogP) is 0.0101. The summed E-state index contributed by atoms with van der Waals surface area (Å²) in [4.78, 5) is 22.1. The smallest absolute Gasteiger partial charge is 0.329 e. The number of carbonyl (C=O) groups is 2. The van der Waals surface area contributed by atoms with E-state index in [2.05, 4.69) is 20.8 Å². The van der Waals surface area contributed by atoms with E-state index in [0.717, 1.165) is 0 Å². The van der Waals surface area contributed by atoms with Crippen molar-refractivity contribution in [1.29, 1.82) is 0 Å². The maximum atomic E-state index is 11.8. The van der Waals surface area contributed by atoms with Crippen LogP contribution in [-0.4, -0.2) is 43.8 Å². The van der Waals surface area contributed by atoms with Gasteiger partial charge in [0, 0.05) is 13.5 Å². The topological polar surface area (TPSA) is 130 Å². The van der Waals surface area contributed by atoms with E-state index < -0.39 is 33.0 Å². The van der Waals surface area contributed by atoms with Crippen molar-refractivity contribution in [2.75, 3.05) is 18.5 Å². The summed E-state index contributed by atoms with van der Waals surface area (Å²) in [6.07, 6.45) is 2.49. The van der Waals surface area contributed by atoms with E-state index >= 15 is 0 Å². The molecule has 0 aliphatic heterocycles. The molecule has 116 valence electrons. The minimum absolute atomic E-state index is 0.00541. The summed E-state index contributed by atoms with van der Waals surface area (Å²) in [6.45, 7) is 0.517. The SMILES string of the molecule is CC(=O)Nc1nnc(S(=O)(=O)NC(=O)NC/C=C/CF)s1. The van der Waals surface area contributed by atoms with Crippen LogP contribution in [0.1, 0.15) is 6.92 Å². The Kier molecular flexibility index (Phi) is 6.17. The normalized spacial score (nSPS) is 11.3. The highest BCUT2D eigenvalue weighted by Gasteiger charge is 2.22. The summed E-state index contributed by atoms with van der Waals surface area (Å²) in [5, 5.41) is 11.3. The van der Waals surface area contributed by atoms with Gasteiger partial charge in [-0.05, 0) is 0 Å². The number of aromatic nitrogens is 2. The molecule has 3 amide bonds. The van der Waals surface area contributed by atoms with Crippen molar-refractivity contribution in [3.63, 3.8) is 0 Å². The highest BCUT2D eigenvalue weighted by Crippen LogP contribution is 2.19. The van der Waals surface area contributed by atoms with Crippen molar-refractivity contribution < 1.29 is 22.4 Å². The van der Waals surface area contributed by atoms with Crippen molar-refractivity contribution in [1.82, 2.24) is 20.2 Å². The standard InChI is InChI=1S/C9H12FN5O4S2/c1-6(16)12-8-13-14-9(20-8)21(18,19)15-7(17)11-5-3-2-4-10/h2-3H,4-5H2,1H3,(H2,11,15,17)(H,12,13,16)/b3-2+. The Bertz CT molecular complexity index is 642. The first-order valence-electron chi connectivity index (χ1n) is 5.48. The second kappa shape index (κ2) is 7.64. The van der Waals surface area contributed by atoms with Crippen LogP contribution < -0.4 is 15.4 Å². The number of urea groups is 1. The number of nitrogens with one attached hydrogen (secondary N) is 3. The molecule has 0 atom stereocenters. The third-order valence-electron chi connectivity index (χ3n) is 1.78. The molecule has 0 spiro atoms. The molecule has 0 radical (unpaired) electrons. The number of hydrogen-bond donors (Lipinski definition) is 3. The average molecular weight is 337 g/mol. The molecule has 0 bridgehead atoms. The number of halogens is 1. The van der Waals surface area contributed by atoms with Gasteiger partial charge in [0.05, 0.1) is 0 Å². The van der Waals surface area contributed by atoms with Crippen molar-refractivity contribution in [3.8, 4) is 0 Å². The molecule has 0 aromatic carbocycles. The van der Waals surface area contributed by atoms with Gasteiger partial charge >= 0.3 is 6.03 Å². The summed E-state index contributed by atoms with van der Waals surface area (Å²) in [5.41, 5.74) is 0. The first kappa shape index (κ1) is 17.0. The molecule has 1 aromatic heterocycles. The molecular weight excluding hydrogens is 325 g/mol. The lowest BCUT2D eigenvalue weighted by molar-refractivity contribution is -0.114. The zero-order valence-electron chi connectivity index (χ0n) is 10.8. The van der Waals surface area contributed by atoms with Crippen molar-refractivity contribution in [2.45, 2.75) is 11.3 Å². The Morgan fingerprint density at radius 3 is 2.67 bits per heavy atom. The average Bonchev–Trinajstić information content (AvgIpc) is 2.82. The zero-order valence-corrected chi connectivity index (χ0v) is 12.4. The van der Waals surface area contributed by atoms with Gasteiger partial charge in [-0.3, -0.25) is 4.79 Å². The number of allylic oxidation sites excluding steroid dienone is 1. The van der Waals surface area contributed by atoms with E-state index in [1.807, 2.05) is 0 Å². The molecule has 1 rings (SSSR count). The lowest BCUT2D eigenvalue weighted by Gasteiger charge is -2.04. The van der Waals surface area contributed by atoms with Gasteiger partial charge in [0.15, 0.2) is 0 Å². The zero-order chi connectivity index (χ0) is 15.9. The number of alkyl halides is 1. The van der Waals surface area contributed by atoms with E-state index in [9.17, 15) is 22.4 Å². The summed E-state index contributed by atoms with van der Waals surface area (Å²) >= 11 is 0.594. The predicted molar refractivity (Wildman–Crippen MR) is 73.0 cm³/mol. The van der Waals surface area contributed by atoms with Crippen LogP contribution in [0.3, 0.4) is 0 Å². The van der Waals surface area contributed by atoms with Gasteiger partial charge < -0.3 is 10.6 Å². The number of sulfonamides is 1. The molecule has 1 aromatic rings. The minimum atomic E-state index is -4.18. The van der Waals surface area contributed by atoms with Crippen molar-refractivity contribution in [2.24, 2.45) is 0 Å². The molecule has 9 nitrogen and oxygen atoms in total. The Balaban J connectivity index is 2.64. The molecule has 3 N–H and O–H groups in total. The summed E-state index contributed by atoms with van der Waals surface area (Å²) in [6, 6.07) is -0.991. The van der Waals surface area contributed by atoms with Crippen LogP contribution in [0.2, 0.25) is 0 Å². The van der Waals surface area contributed by atoms with E-state index in [-0.39, 0.29) is 11.7 Å². The first-order chi connectivity index (χ1) is 9.85. The van der Waals surface area contributed by atoms with Gasteiger partial charge in [-0.15, -0.1) is 10.2 Å². The number of rotatable bonds is 6. The van der Waals surface area contributed by atoms with Crippen LogP contribution in [-0.2, 0) is 14.8 Å². The fraction of sp³-hybridized carbons (Fsp3) is 0.333. The lowest BCUT2D eigenvalue weighted by atomic mass is 10.5. The fourth-order valence-electron chi connectivity index (χ4n) is 1.02. The molecular formula is C9H12FN5O4S2. The fourth-order valence-corrected chi connectivity index (χ4v) is 2.90.